The normalized spacial score (nSPS) is 17.2. The number of hydrogen-bond donors (Lipinski definition) is 1. The molecule has 1 atom stereocenters. The summed E-state index contributed by atoms with van der Waals surface area (Å²) in [7, 11) is 1.68. The summed E-state index contributed by atoms with van der Waals surface area (Å²) in [5, 5.41) is 3.33. The number of anilines is 1. The Kier molecular flexibility index (Phi) is 4.15. The number of aryl methyl sites for hydroxylation is 1. The Hall–Kier alpha value is -1.55. The van der Waals surface area contributed by atoms with Gasteiger partial charge >= 0.3 is 0 Å². The summed E-state index contributed by atoms with van der Waals surface area (Å²) in [6.45, 7) is 0. The van der Waals surface area contributed by atoms with E-state index >= 15 is 0 Å². The van der Waals surface area contributed by atoms with Gasteiger partial charge in [-0.3, -0.25) is 0 Å². The van der Waals surface area contributed by atoms with E-state index in [9.17, 15) is 4.39 Å². The van der Waals surface area contributed by atoms with Gasteiger partial charge in [-0.05, 0) is 60.7 Å². The van der Waals surface area contributed by atoms with Crippen LogP contribution in [0.25, 0.3) is 0 Å². The Balaban J connectivity index is 1.88. The fourth-order valence-electron chi connectivity index (χ4n) is 2.86. The second-order valence-electron chi connectivity index (χ2n) is 5.28. The van der Waals surface area contributed by atoms with Gasteiger partial charge in [-0.1, -0.05) is 22.0 Å². The lowest BCUT2D eigenvalue weighted by molar-refractivity contribution is 0.413. The van der Waals surface area contributed by atoms with Crippen molar-refractivity contribution >= 4 is 21.6 Å². The lowest BCUT2D eigenvalue weighted by atomic mass is 9.87. The topological polar surface area (TPSA) is 21.3 Å². The van der Waals surface area contributed by atoms with Crippen molar-refractivity contribution in [1.29, 1.82) is 0 Å². The van der Waals surface area contributed by atoms with Crippen LogP contribution >= 0.6 is 15.9 Å². The van der Waals surface area contributed by atoms with Gasteiger partial charge in [-0.15, -0.1) is 0 Å². The van der Waals surface area contributed by atoms with Crippen LogP contribution in [-0.2, 0) is 6.42 Å². The first kappa shape index (κ1) is 14.4. The zero-order chi connectivity index (χ0) is 14.8. The van der Waals surface area contributed by atoms with Crippen molar-refractivity contribution in [2.45, 2.75) is 25.3 Å². The zero-order valence-electron chi connectivity index (χ0n) is 11.8. The molecule has 4 heteroatoms. The largest absolute Gasteiger partial charge is 0.497 e. The SMILES string of the molecule is COc1ccc2c(c1)CCCC2Nc1ccc(Br)cc1F. The van der Waals surface area contributed by atoms with Crippen LogP contribution in [0.15, 0.2) is 40.9 Å². The summed E-state index contributed by atoms with van der Waals surface area (Å²) in [5.41, 5.74) is 3.08. The van der Waals surface area contributed by atoms with Crippen molar-refractivity contribution in [1.82, 2.24) is 0 Å². The lowest BCUT2D eigenvalue weighted by Crippen LogP contribution is -2.18. The highest BCUT2D eigenvalue weighted by molar-refractivity contribution is 9.10. The van der Waals surface area contributed by atoms with Gasteiger partial charge in [0.25, 0.3) is 0 Å². The molecule has 110 valence electrons. The average molecular weight is 350 g/mol. The van der Waals surface area contributed by atoms with E-state index in [1.54, 1.807) is 13.2 Å². The zero-order valence-corrected chi connectivity index (χ0v) is 13.4. The number of halogens is 2. The molecular formula is C17H17BrFNO. The van der Waals surface area contributed by atoms with Crippen LogP contribution in [0.3, 0.4) is 0 Å². The van der Waals surface area contributed by atoms with Crippen molar-refractivity contribution < 1.29 is 9.13 Å². The molecule has 0 heterocycles. The monoisotopic (exact) mass is 349 g/mol. The summed E-state index contributed by atoms with van der Waals surface area (Å²) in [4.78, 5) is 0. The molecule has 0 aliphatic heterocycles. The van der Waals surface area contributed by atoms with E-state index in [0.29, 0.717) is 5.69 Å². The van der Waals surface area contributed by atoms with Crippen LogP contribution in [0.1, 0.15) is 30.0 Å². The summed E-state index contributed by atoms with van der Waals surface area (Å²) >= 11 is 3.28. The van der Waals surface area contributed by atoms with Gasteiger partial charge in [0.15, 0.2) is 0 Å². The number of hydrogen-bond acceptors (Lipinski definition) is 2. The number of ether oxygens (including phenoxy) is 1. The van der Waals surface area contributed by atoms with Gasteiger partial charge in [0.05, 0.1) is 18.8 Å². The molecule has 1 aliphatic carbocycles. The van der Waals surface area contributed by atoms with E-state index in [4.69, 9.17) is 4.74 Å². The predicted molar refractivity (Wildman–Crippen MR) is 86.4 cm³/mol. The van der Waals surface area contributed by atoms with Gasteiger partial charge < -0.3 is 10.1 Å². The summed E-state index contributed by atoms with van der Waals surface area (Å²) in [5.74, 6) is 0.647. The third-order valence-electron chi connectivity index (χ3n) is 3.93. The summed E-state index contributed by atoms with van der Waals surface area (Å²) in [6, 6.07) is 11.4. The predicted octanol–water partition coefficient (Wildman–Crippen LogP) is 5.09. The van der Waals surface area contributed by atoms with E-state index in [1.165, 1.54) is 17.2 Å². The first-order valence-corrected chi connectivity index (χ1v) is 7.85. The number of nitrogens with one attached hydrogen (secondary N) is 1. The molecule has 0 aromatic heterocycles. The number of rotatable bonds is 3. The number of benzene rings is 2. The molecule has 0 saturated carbocycles. The maximum Gasteiger partial charge on any atom is 0.147 e. The average Bonchev–Trinajstić information content (AvgIpc) is 2.49. The highest BCUT2D eigenvalue weighted by Gasteiger charge is 2.21. The van der Waals surface area contributed by atoms with Crippen LogP contribution in [0.4, 0.5) is 10.1 Å². The third kappa shape index (κ3) is 3.05. The Labute approximate surface area is 132 Å². The first-order chi connectivity index (χ1) is 10.2. The molecular weight excluding hydrogens is 333 g/mol. The number of methoxy groups -OCH3 is 1. The van der Waals surface area contributed by atoms with E-state index in [-0.39, 0.29) is 11.9 Å². The van der Waals surface area contributed by atoms with Crippen LogP contribution < -0.4 is 10.1 Å². The number of fused-ring (bicyclic) bond motifs is 1. The molecule has 2 aromatic carbocycles. The van der Waals surface area contributed by atoms with Gasteiger partial charge in [0, 0.05) is 4.47 Å². The molecule has 0 radical (unpaired) electrons. The maximum absolute atomic E-state index is 14.0. The van der Waals surface area contributed by atoms with Crippen molar-refractivity contribution in [3.63, 3.8) is 0 Å². The highest BCUT2D eigenvalue weighted by Crippen LogP contribution is 2.35. The fourth-order valence-corrected chi connectivity index (χ4v) is 3.19. The Morgan fingerprint density at radius 2 is 2.10 bits per heavy atom. The van der Waals surface area contributed by atoms with Crippen LogP contribution in [0.5, 0.6) is 5.75 Å². The van der Waals surface area contributed by atoms with Crippen molar-refractivity contribution in [3.05, 3.63) is 57.8 Å². The molecule has 0 saturated heterocycles. The quantitative estimate of drug-likeness (QED) is 0.833. The highest BCUT2D eigenvalue weighted by atomic mass is 79.9. The second kappa shape index (κ2) is 6.06. The van der Waals surface area contributed by atoms with Crippen LogP contribution in [0, 0.1) is 5.82 Å². The molecule has 1 unspecified atom stereocenters. The van der Waals surface area contributed by atoms with Crippen LogP contribution in [0.2, 0.25) is 0 Å². The van der Waals surface area contributed by atoms with Gasteiger partial charge in [-0.25, -0.2) is 4.39 Å². The van der Waals surface area contributed by atoms with Gasteiger partial charge in [-0.2, -0.15) is 0 Å². The third-order valence-corrected chi connectivity index (χ3v) is 4.42. The minimum atomic E-state index is -0.231. The standard InChI is InChI=1S/C17H17BrFNO/c1-21-13-6-7-14-11(9-13)3-2-4-16(14)20-17-8-5-12(18)10-15(17)19/h5-10,16,20H,2-4H2,1H3. The van der Waals surface area contributed by atoms with E-state index in [1.807, 2.05) is 12.1 Å². The summed E-state index contributed by atoms with van der Waals surface area (Å²) < 4.78 is 20.0. The molecule has 0 spiro atoms. The Morgan fingerprint density at radius 1 is 1.24 bits per heavy atom. The minimum Gasteiger partial charge on any atom is -0.497 e. The molecule has 0 fully saturated rings. The smallest absolute Gasteiger partial charge is 0.147 e. The molecule has 21 heavy (non-hydrogen) atoms. The molecule has 2 nitrogen and oxygen atoms in total. The lowest BCUT2D eigenvalue weighted by Gasteiger charge is -2.27. The molecule has 3 rings (SSSR count). The molecule has 1 N–H and O–H groups in total. The summed E-state index contributed by atoms with van der Waals surface area (Å²) in [6.07, 6.45) is 3.15. The van der Waals surface area contributed by atoms with E-state index in [2.05, 4.69) is 33.4 Å². The fraction of sp³-hybridized carbons (Fsp3) is 0.294. The van der Waals surface area contributed by atoms with Crippen molar-refractivity contribution in [3.8, 4) is 5.75 Å². The van der Waals surface area contributed by atoms with E-state index in [0.717, 1.165) is 29.5 Å². The molecule has 1 aliphatic rings. The van der Waals surface area contributed by atoms with Gasteiger partial charge in [0.1, 0.15) is 11.6 Å². The van der Waals surface area contributed by atoms with Crippen molar-refractivity contribution in [2.75, 3.05) is 12.4 Å². The van der Waals surface area contributed by atoms with Crippen LogP contribution in [-0.4, -0.2) is 7.11 Å². The second-order valence-corrected chi connectivity index (χ2v) is 6.19. The maximum atomic E-state index is 14.0. The van der Waals surface area contributed by atoms with E-state index < -0.39 is 0 Å². The molecule has 2 aromatic rings. The molecule has 0 bridgehead atoms. The first-order valence-electron chi connectivity index (χ1n) is 7.06. The van der Waals surface area contributed by atoms with Crippen molar-refractivity contribution in [2.24, 2.45) is 0 Å². The van der Waals surface area contributed by atoms with Gasteiger partial charge in [0.2, 0.25) is 0 Å². The Bertz CT molecular complexity index is 659. The Morgan fingerprint density at radius 3 is 2.86 bits per heavy atom. The minimum absolute atomic E-state index is 0.148. The molecule has 0 amide bonds.